The highest BCUT2D eigenvalue weighted by Crippen LogP contribution is 2.15. The predicted octanol–water partition coefficient (Wildman–Crippen LogP) is 3.88. The first-order chi connectivity index (χ1) is 8.74. The molecule has 1 N–H and O–H groups in total. The second-order valence-corrected chi connectivity index (χ2v) is 4.46. The number of aliphatic carboxylic acids is 1. The number of hydrogen-bond acceptors (Lipinski definition) is 2. The van der Waals surface area contributed by atoms with Gasteiger partial charge in [-0.25, -0.2) is 4.79 Å². The first-order valence-electron chi connectivity index (χ1n) is 6.68. The molecule has 1 aromatic carbocycles. The van der Waals surface area contributed by atoms with E-state index in [1.165, 1.54) is 19.3 Å². The van der Waals surface area contributed by atoms with Gasteiger partial charge >= 0.3 is 5.97 Å². The van der Waals surface area contributed by atoms with Crippen molar-refractivity contribution >= 4 is 5.97 Å². The fraction of sp³-hybridized carbons (Fsp3) is 0.533. The van der Waals surface area contributed by atoms with Crippen LogP contribution in [0.5, 0.6) is 5.75 Å². The van der Waals surface area contributed by atoms with Crippen LogP contribution in [0.3, 0.4) is 0 Å². The Bertz CT molecular complexity index is 335. The van der Waals surface area contributed by atoms with Crippen LogP contribution in [0, 0.1) is 0 Å². The third-order valence-corrected chi connectivity index (χ3v) is 2.87. The fourth-order valence-electron chi connectivity index (χ4n) is 1.83. The molecule has 0 spiro atoms. The van der Waals surface area contributed by atoms with E-state index in [2.05, 4.69) is 6.92 Å². The predicted molar refractivity (Wildman–Crippen MR) is 71.9 cm³/mol. The fourth-order valence-corrected chi connectivity index (χ4v) is 1.83. The van der Waals surface area contributed by atoms with Gasteiger partial charge in [-0.3, -0.25) is 0 Å². The third kappa shape index (κ3) is 5.71. The summed E-state index contributed by atoms with van der Waals surface area (Å²) in [5.41, 5.74) is 0. The summed E-state index contributed by atoms with van der Waals surface area (Å²) in [6, 6.07) is 9.14. The number of rotatable bonds is 9. The number of unbranched alkanes of at least 4 members (excludes halogenated alkanes) is 4. The SMILES string of the molecule is CCCCCCCC(Oc1ccccc1)C(=O)O. The summed E-state index contributed by atoms with van der Waals surface area (Å²) >= 11 is 0. The maximum atomic E-state index is 11.1. The number of hydrogen-bond donors (Lipinski definition) is 1. The van der Waals surface area contributed by atoms with Gasteiger partial charge in [0, 0.05) is 0 Å². The van der Waals surface area contributed by atoms with Gasteiger partial charge in [-0.1, -0.05) is 50.8 Å². The topological polar surface area (TPSA) is 46.5 Å². The monoisotopic (exact) mass is 250 g/mol. The maximum Gasteiger partial charge on any atom is 0.344 e. The summed E-state index contributed by atoms with van der Waals surface area (Å²) < 4.78 is 5.48. The number of carboxylic acids is 1. The quantitative estimate of drug-likeness (QED) is 0.676. The van der Waals surface area contributed by atoms with Gasteiger partial charge < -0.3 is 9.84 Å². The van der Waals surface area contributed by atoms with Crippen molar-refractivity contribution in [2.45, 2.75) is 51.6 Å². The highest BCUT2D eigenvalue weighted by atomic mass is 16.5. The molecule has 1 aromatic rings. The van der Waals surface area contributed by atoms with E-state index in [9.17, 15) is 4.79 Å². The molecule has 0 aliphatic carbocycles. The molecular formula is C15H22O3. The van der Waals surface area contributed by atoms with Crippen molar-refractivity contribution in [1.29, 1.82) is 0 Å². The summed E-state index contributed by atoms with van der Waals surface area (Å²) in [5, 5.41) is 9.11. The molecule has 0 saturated carbocycles. The summed E-state index contributed by atoms with van der Waals surface area (Å²) in [4.78, 5) is 11.1. The lowest BCUT2D eigenvalue weighted by atomic mass is 10.1. The van der Waals surface area contributed by atoms with Gasteiger partial charge in [0.2, 0.25) is 0 Å². The van der Waals surface area contributed by atoms with E-state index in [1.807, 2.05) is 18.2 Å². The molecule has 0 aromatic heterocycles. The Balaban J connectivity index is 2.34. The van der Waals surface area contributed by atoms with Gasteiger partial charge in [0.05, 0.1) is 0 Å². The molecule has 0 heterocycles. The summed E-state index contributed by atoms with van der Waals surface area (Å²) in [7, 11) is 0. The van der Waals surface area contributed by atoms with Crippen molar-refractivity contribution in [3.63, 3.8) is 0 Å². The van der Waals surface area contributed by atoms with E-state index >= 15 is 0 Å². The Labute approximate surface area is 109 Å². The van der Waals surface area contributed by atoms with E-state index in [0.29, 0.717) is 12.2 Å². The summed E-state index contributed by atoms with van der Waals surface area (Å²) in [6.45, 7) is 2.17. The van der Waals surface area contributed by atoms with Gasteiger partial charge in [0.1, 0.15) is 5.75 Å². The molecule has 0 radical (unpaired) electrons. The lowest BCUT2D eigenvalue weighted by molar-refractivity contribution is -0.145. The zero-order valence-electron chi connectivity index (χ0n) is 11.0. The molecule has 3 heteroatoms. The normalized spacial score (nSPS) is 12.1. The van der Waals surface area contributed by atoms with Crippen LogP contribution in [0.4, 0.5) is 0 Å². The minimum Gasteiger partial charge on any atom is -0.479 e. The van der Waals surface area contributed by atoms with Crippen molar-refractivity contribution in [1.82, 2.24) is 0 Å². The average Bonchev–Trinajstić information content (AvgIpc) is 2.38. The molecule has 3 nitrogen and oxygen atoms in total. The Kier molecular flexibility index (Phi) is 6.92. The average molecular weight is 250 g/mol. The maximum absolute atomic E-state index is 11.1. The Hall–Kier alpha value is -1.51. The molecular weight excluding hydrogens is 228 g/mol. The summed E-state index contributed by atoms with van der Waals surface area (Å²) in [6.07, 6.45) is 5.43. The van der Waals surface area contributed by atoms with Gasteiger partial charge in [-0.05, 0) is 25.0 Å². The van der Waals surface area contributed by atoms with Gasteiger partial charge in [0.25, 0.3) is 0 Å². The van der Waals surface area contributed by atoms with Crippen molar-refractivity contribution in [2.75, 3.05) is 0 Å². The van der Waals surface area contributed by atoms with E-state index in [4.69, 9.17) is 9.84 Å². The van der Waals surface area contributed by atoms with E-state index in [1.54, 1.807) is 12.1 Å². The summed E-state index contributed by atoms with van der Waals surface area (Å²) in [5.74, 6) is -0.257. The molecule has 1 unspecified atom stereocenters. The smallest absolute Gasteiger partial charge is 0.344 e. The molecule has 1 rings (SSSR count). The van der Waals surface area contributed by atoms with Crippen LogP contribution in [0.25, 0.3) is 0 Å². The Morgan fingerprint density at radius 1 is 1.17 bits per heavy atom. The second-order valence-electron chi connectivity index (χ2n) is 4.46. The van der Waals surface area contributed by atoms with Crippen LogP contribution >= 0.6 is 0 Å². The van der Waals surface area contributed by atoms with Crippen molar-refractivity contribution in [3.05, 3.63) is 30.3 Å². The lowest BCUT2D eigenvalue weighted by Crippen LogP contribution is -2.26. The van der Waals surface area contributed by atoms with E-state index in [0.717, 1.165) is 12.8 Å². The highest BCUT2D eigenvalue weighted by Gasteiger charge is 2.18. The Morgan fingerprint density at radius 2 is 1.83 bits per heavy atom. The number of para-hydroxylation sites is 1. The minimum atomic E-state index is -0.880. The first kappa shape index (κ1) is 14.6. The standard InChI is InChI=1S/C15H22O3/c1-2-3-4-5-9-12-14(15(16)17)18-13-10-7-6-8-11-13/h6-8,10-11,14H,2-5,9,12H2,1H3,(H,16,17). The van der Waals surface area contributed by atoms with E-state index in [-0.39, 0.29) is 0 Å². The van der Waals surface area contributed by atoms with Gasteiger partial charge in [-0.2, -0.15) is 0 Å². The first-order valence-corrected chi connectivity index (χ1v) is 6.68. The molecule has 100 valence electrons. The van der Waals surface area contributed by atoms with Crippen LogP contribution in [0.15, 0.2) is 30.3 Å². The number of carbonyl (C=O) groups is 1. The minimum absolute atomic E-state index is 0.577. The molecule has 0 fully saturated rings. The largest absolute Gasteiger partial charge is 0.479 e. The van der Waals surface area contributed by atoms with Gasteiger partial charge in [0.15, 0.2) is 6.10 Å². The molecule has 18 heavy (non-hydrogen) atoms. The van der Waals surface area contributed by atoms with Crippen molar-refractivity contribution < 1.29 is 14.6 Å². The number of carboxylic acid groups (broad SMARTS) is 1. The zero-order valence-corrected chi connectivity index (χ0v) is 11.0. The number of benzene rings is 1. The number of ether oxygens (including phenoxy) is 1. The van der Waals surface area contributed by atoms with Crippen LogP contribution in [-0.4, -0.2) is 17.2 Å². The zero-order chi connectivity index (χ0) is 13.2. The molecule has 0 amide bonds. The second kappa shape index (κ2) is 8.56. The molecule has 0 aliphatic heterocycles. The third-order valence-electron chi connectivity index (χ3n) is 2.87. The van der Waals surface area contributed by atoms with Gasteiger partial charge in [-0.15, -0.1) is 0 Å². The van der Waals surface area contributed by atoms with Crippen LogP contribution < -0.4 is 4.74 Å². The van der Waals surface area contributed by atoms with Crippen molar-refractivity contribution in [2.24, 2.45) is 0 Å². The van der Waals surface area contributed by atoms with Crippen LogP contribution in [0.1, 0.15) is 45.4 Å². The molecule has 1 atom stereocenters. The van der Waals surface area contributed by atoms with Crippen LogP contribution in [0.2, 0.25) is 0 Å². The Morgan fingerprint density at radius 3 is 2.44 bits per heavy atom. The lowest BCUT2D eigenvalue weighted by Gasteiger charge is -2.14. The molecule has 0 aliphatic rings. The van der Waals surface area contributed by atoms with E-state index < -0.39 is 12.1 Å². The van der Waals surface area contributed by atoms with Crippen molar-refractivity contribution in [3.8, 4) is 5.75 Å². The molecule has 0 bridgehead atoms. The van der Waals surface area contributed by atoms with Crippen LogP contribution in [-0.2, 0) is 4.79 Å². The highest BCUT2D eigenvalue weighted by molar-refractivity contribution is 5.72. The molecule has 0 saturated heterocycles.